The number of benzene rings is 2. The van der Waals surface area contributed by atoms with Crippen LogP contribution in [-0.4, -0.2) is 54.0 Å². The van der Waals surface area contributed by atoms with Gasteiger partial charge < -0.3 is 29.5 Å². The van der Waals surface area contributed by atoms with Crippen LogP contribution in [0.2, 0.25) is 0 Å². The largest absolute Gasteiger partial charge is 0.508 e. The lowest BCUT2D eigenvalue weighted by Crippen LogP contribution is -2.06. The summed E-state index contributed by atoms with van der Waals surface area (Å²) in [4.78, 5) is 0. The van der Waals surface area contributed by atoms with Gasteiger partial charge in [0.1, 0.15) is 29.5 Å². The molecule has 0 aromatic heterocycles. The Bertz CT molecular complexity index is 700. The normalized spacial score (nSPS) is 20.5. The second-order valence-corrected chi connectivity index (χ2v) is 6.16. The van der Waals surface area contributed by atoms with Gasteiger partial charge in [0, 0.05) is 6.07 Å². The first-order chi connectivity index (χ1) is 12.6. The van der Waals surface area contributed by atoms with Gasteiger partial charge in [0.25, 0.3) is 0 Å². The quantitative estimate of drug-likeness (QED) is 0.543. The van der Waals surface area contributed by atoms with Crippen LogP contribution in [0.4, 0.5) is 0 Å². The van der Waals surface area contributed by atoms with Gasteiger partial charge in [-0.25, -0.2) is 0 Å². The summed E-state index contributed by atoms with van der Waals surface area (Å²) in [6.07, 6.45) is 4.38. The number of phenolic OH excluding ortho intramolecular Hbond substituents is 3. The van der Waals surface area contributed by atoms with Crippen molar-refractivity contribution in [2.75, 3.05) is 26.4 Å². The highest BCUT2D eigenvalue weighted by atomic mass is 16.6. The topological polar surface area (TPSA) is 95.0 Å². The van der Waals surface area contributed by atoms with Gasteiger partial charge in [0.2, 0.25) is 0 Å². The predicted molar refractivity (Wildman–Crippen MR) is 97.1 cm³/mol. The molecule has 0 bridgehead atoms. The minimum absolute atomic E-state index is 0.0235. The van der Waals surface area contributed by atoms with Crippen molar-refractivity contribution in [3.8, 4) is 17.2 Å². The maximum absolute atomic E-state index is 9.30. The minimum atomic E-state index is 0.0235. The van der Waals surface area contributed by atoms with E-state index >= 15 is 0 Å². The van der Waals surface area contributed by atoms with Gasteiger partial charge in [-0.3, -0.25) is 0 Å². The molecule has 2 aliphatic rings. The van der Waals surface area contributed by atoms with Crippen LogP contribution >= 0.6 is 0 Å². The molecule has 3 N–H and O–H groups in total. The fourth-order valence-corrected chi connectivity index (χ4v) is 2.15. The lowest BCUT2D eigenvalue weighted by molar-refractivity contribution is 0.102. The molecular formula is C20H22O6. The van der Waals surface area contributed by atoms with E-state index in [4.69, 9.17) is 19.3 Å². The molecule has 0 saturated carbocycles. The summed E-state index contributed by atoms with van der Waals surface area (Å²) in [5.74, 6) is 0.267. The summed E-state index contributed by atoms with van der Waals surface area (Å²) in [6, 6.07) is 11.1. The first kappa shape index (κ1) is 18.3. The number of epoxide rings is 2. The Labute approximate surface area is 151 Å². The minimum Gasteiger partial charge on any atom is -0.508 e. The summed E-state index contributed by atoms with van der Waals surface area (Å²) in [5.41, 5.74) is 1.63. The molecule has 2 heterocycles. The SMILES string of the molecule is C(OCC1CO1)C1CO1.Oc1ccc(/C=C/c2cc(O)cc(O)c2)cc1. The first-order valence-electron chi connectivity index (χ1n) is 8.39. The number of hydrogen-bond donors (Lipinski definition) is 3. The molecule has 2 unspecified atom stereocenters. The van der Waals surface area contributed by atoms with Gasteiger partial charge in [-0.1, -0.05) is 24.3 Å². The summed E-state index contributed by atoms with van der Waals surface area (Å²) in [7, 11) is 0. The van der Waals surface area contributed by atoms with Crippen molar-refractivity contribution < 1.29 is 29.5 Å². The van der Waals surface area contributed by atoms with Gasteiger partial charge in [-0.05, 0) is 35.4 Å². The van der Waals surface area contributed by atoms with Crippen LogP contribution in [0, 0.1) is 0 Å². The Kier molecular flexibility index (Phi) is 6.12. The van der Waals surface area contributed by atoms with E-state index in [2.05, 4.69) is 0 Å². The Morgan fingerprint density at radius 2 is 1.27 bits per heavy atom. The molecule has 0 amide bonds. The summed E-state index contributed by atoms with van der Waals surface area (Å²) >= 11 is 0. The van der Waals surface area contributed by atoms with Crippen molar-refractivity contribution in [3.05, 3.63) is 53.6 Å². The van der Waals surface area contributed by atoms with Crippen LogP contribution in [0.25, 0.3) is 12.2 Å². The Hall–Kier alpha value is -2.54. The second-order valence-electron chi connectivity index (χ2n) is 6.16. The zero-order valence-corrected chi connectivity index (χ0v) is 14.2. The fraction of sp³-hybridized carbons (Fsp3) is 0.300. The first-order valence-corrected chi connectivity index (χ1v) is 8.39. The highest BCUT2D eigenvalue weighted by Gasteiger charge is 2.26. The van der Waals surface area contributed by atoms with Gasteiger partial charge in [-0.15, -0.1) is 0 Å². The van der Waals surface area contributed by atoms with E-state index in [-0.39, 0.29) is 17.2 Å². The highest BCUT2D eigenvalue weighted by Crippen LogP contribution is 2.22. The van der Waals surface area contributed by atoms with E-state index in [1.807, 2.05) is 6.08 Å². The zero-order chi connectivity index (χ0) is 18.4. The van der Waals surface area contributed by atoms with Crippen LogP contribution in [0.1, 0.15) is 11.1 Å². The van der Waals surface area contributed by atoms with Gasteiger partial charge >= 0.3 is 0 Å². The van der Waals surface area contributed by atoms with Gasteiger partial charge in [0.05, 0.1) is 26.4 Å². The molecule has 0 radical (unpaired) electrons. The highest BCUT2D eigenvalue weighted by molar-refractivity contribution is 5.71. The van der Waals surface area contributed by atoms with Crippen molar-refractivity contribution in [1.29, 1.82) is 0 Å². The third kappa shape index (κ3) is 6.76. The number of hydrogen-bond acceptors (Lipinski definition) is 6. The molecule has 2 aliphatic heterocycles. The zero-order valence-electron chi connectivity index (χ0n) is 14.2. The molecule has 2 fully saturated rings. The molecular weight excluding hydrogens is 336 g/mol. The molecule has 6 nitrogen and oxygen atoms in total. The molecule has 2 aromatic rings. The lowest BCUT2D eigenvalue weighted by Gasteiger charge is -1.98. The molecule has 0 spiro atoms. The van der Waals surface area contributed by atoms with Crippen LogP contribution in [-0.2, 0) is 14.2 Å². The molecule has 138 valence electrons. The Morgan fingerprint density at radius 3 is 1.77 bits per heavy atom. The Balaban J connectivity index is 0.000000181. The number of ether oxygens (including phenoxy) is 3. The van der Waals surface area contributed by atoms with E-state index in [0.717, 1.165) is 32.0 Å². The molecule has 2 saturated heterocycles. The van der Waals surface area contributed by atoms with Gasteiger partial charge in [-0.2, -0.15) is 0 Å². The van der Waals surface area contributed by atoms with Crippen molar-refractivity contribution in [2.24, 2.45) is 0 Å². The van der Waals surface area contributed by atoms with Crippen molar-refractivity contribution in [2.45, 2.75) is 12.2 Å². The summed E-state index contributed by atoms with van der Waals surface area (Å²) in [6.45, 7) is 3.26. The molecule has 2 atom stereocenters. The Morgan fingerprint density at radius 1 is 0.769 bits per heavy atom. The monoisotopic (exact) mass is 358 g/mol. The van der Waals surface area contributed by atoms with Crippen molar-refractivity contribution in [1.82, 2.24) is 0 Å². The van der Waals surface area contributed by atoms with E-state index in [9.17, 15) is 10.2 Å². The van der Waals surface area contributed by atoms with Crippen molar-refractivity contribution >= 4 is 12.2 Å². The average molecular weight is 358 g/mol. The smallest absolute Gasteiger partial charge is 0.119 e. The van der Waals surface area contributed by atoms with E-state index in [0.29, 0.717) is 17.8 Å². The lowest BCUT2D eigenvalue weighted by atomic mass is 10.1. The molecule has 6 heteroatoms. The van der Waals surface area contributed by atoms with E-state index < -0.39 is 0 Å². The van der Waals surface area contributed by atoms with Crippen LogP contribution < -0.4 is 0 Å². The summed E-state index contributed by atoms with van der Waals surface area (Å²) in [5, 5.41) is 27.7. The standard InChI is InChI=1S/C14H12O3.C6H10O3/c15-12-5-3-10(4-6-12)1-2-11-7-13(16)9-14(17)8-11;1(5-3-8-5)7-2-6-4-9-6/h1-9,15-17H;5-6H,1-4H2/b2-1+;. The molecule has 4 rings (SSSR count). The third-order valence-electron chi connectivity index (χ3n) is 3.70. The third-order valence-corrected chi connectivity index (χ3v) is 3.70. The maximum atomic E-state index is 9.30. The average Bonchev–Trinajstić information content (AvgIpc) is 3.50. The molecule has 2 aromatic carbocycles. The second kappa shape index (κ2) is 8.71. The maximum Gasteiger partial charge on any atom is 0.119 e. The van der Waals surface area contributed by atoms with E-state index in [1.54, 1.807) is 42.5 Å². The van der Waals surface area contributed by atoms with Crippen LogP contribution in [0.15, 0.2) is 42.5 Å². The number of rotatable bonds is 6. The van der Waals surface area contributed by atoms with Gasteiger partial charge in [0.15, 0.2) is 0 Å². The molecule has 26 heavy (non-hydrogen) atoms. The predicted octanol–water partition coefficient (Wildman–Crippen LogP) is 2.77. The fourth-order valence-electron chi connectivity index (χ4n) is 2.15. The van der Waals surface area contributed by atoms with Crippen LogP contribution in [0.3, 0.4) is 0 Å². The summed E-state index contributed by atoms with van der Waals surface area (Å²) < 4.78 is 15.1. The van der Waals surface area contributed by atoms with Crippen molar-refractivity contribution in [3.63, 3.8) is 0 Å². The van der Waals surface area contributed by atoms with E-state index in [1.165, 1.54) is 6.07 Å². The number of phenols is 3. The number of aromatic hydroxyl groups is 3. The van der Waals surface area contributed by atoms with Crippen LogP contribution in [0.5, 0.6) is 17.2 Å². The molecule has 0 aliphatic carbocycles.